The number of nitrogens with one attached hydrogen (secondary N) is 1. The summed E-state index contributed by atoms with van der Waals surface area (Å²) in [7, 11) is 0. The molecule has 1 aromatic heterocycles. The Bertz CT molecular complexity index is 891. The lowest BCUT2D eigenvalue weighted by Crippen LogP contribution is -2.31. The maximum atomic E-state index is 13.0. The second kappa shape index (κ2) is 9.26. The smallest absolute Gasteiger partial charge is 0.355 e. The van der Waals surface area contributed by atoms with Crippen LogP contribution in [0.5, 0.6) is 0 Å². The molecule has 168 valence electrons. The number of benzene rings is 1. The third kappa shape index (κ3) is 6.43. The largest absolute Gasteiger partial charge is 0.416 e. The van der Waals surface area contributed by atoms with E-state index in [4.69, 9.17) is 0 Å². The van der Waals surface area contributed by atoms with Crippen molar-refractivity contribution in [2.24, 2.45) is 5.41 Å². The van der Waals surface area contributed by atoms with Gasteiger partial charge in [-0.15, -0.1) is 0 Å². The summed E-state index contributed by atoms with van der Waals surface area (Å²) in [6.07, 6.45) is -1.77. The van der Waals surface area contributed by atoms with Crippen molar-refractivity contribution in [2.45, 2.75) is 39.9 Å². The van der Waals surface area contributed by atoms with Crippen LogP contribution < -0.4 is 10.2 Å². The van der Waals surface area contributed by atoms with Crippen molar-refractivity contribution >= 4 is 17.4 Å². The number of anilines is 2. The zero-order chi connectivity index (χ0) is 22.6. The van der Waals surface area contributed by atoms with Gasteiger partial charge in [-0.2, -0.15) is 13.2 Å². The van der Waals surface area contributed by atoms with Crippen LogP contribution >= 0.6 is 0 Å². The molecule has 0 atom stereocenters. The van der Waals surface area contributed by atoms with Gasteiger partial charge in [0.1, 0.15) is 5.82 Å². The Morgan fingerprint density at radius 3 is 2.48 bits per heavy atom. The number of carbonyl (C=O) groups is 1. The number of halogens is 3. The highest BCUT2D eigenvalue weighted by Gasteiger charge is 2.30. The molecule has 0 bridgehead atoms. The molecule has 2 aromatic rings. The van der Waals surface area contributed by atoms with Crippen LogP contribution in [0.25, 0.3) is 0 Å². The van der Waals surface area contributed by atoms with Gasteiger partial charge in [0.15, 0.2) is 0 Å². The maximum absolute atomic E-state index is 13.0. The highest BCUT2D eigenvalue weighted by atomic mass is 19.4. The summed E-state index contributed by atoms with van der Waals surface area (Å²) >= 11 is 0. The topological polar surface area (TPSA) is 48.5 Å². The van der Waals surface area contributed by atoms with E-state index in [9.17, 15) is 18.0 Å². The first-order valence-corrected chi connectivity index (χ1v) is 10.4. The van der Waals surface area contributed by atoms with E-state index in [1.54, 1.807) is 12.3 Å². The molecular weight excluding hydrogens is 405 g/mol. The van der Waals surface area contributed by atoms with Gasteiger partial charge in [0.25, 0.3) is 0 Å². The summed E-state index contributed by atoms with van der Waals surface area (Å²) in [5.74, 6) is 0.761. The average molecular weight is 435 g/mol. The summed E-state index contributed by atoms with van der Waals surface area (Å²) in [6.45, 7) is 9.15. The van der Waals surface area contributed by atoms with Crippen molar-refractivity contribution in [2.75, 3.05) is 36.4 Å². The Hall–Kier alpha value is -2.61. The molecule has 3 rings (SSSR count). The SMILES string of the molecule is CC(C)(C)C(=O)Nc1ccc(N2CCCN(Cc3cccc(C(F)(F)F)c3)CC2)nc1. The maximum Gasteiger partial charge on any atom is 0.416 e. The molecule has 1 aromatic carbocycles. The monoisotopic (exact) mass is 434 g/mol. The minimum absolute atomic E-state index is 0.0675. The summed E-state index contributed by atoms with van der Waals surface area (Å²) < 4.78 is 38.9. The van der Waals surface area contributed by atoms with E-state index in [1.807, 2.05) is 32.9 Å². The number of alkyl halides is 3. The molecular formula is C23H29F3N4O. The second-order valence-corrected chi connectivity index (χ2v) is 8.92. The minimum atomic E-state index is -4.32. The lowest BCUT2D eigenvalue weighted by molar-refractivity contribution is -0.137. The molecule has 0 unspecified atom stereocenters. The number of carbonyl (C=O) groups excluding carboxylic acids is 1. The quantitative estimate of drug-likeness (QED) is 0.751. The van der Waals surface area contributed by atoms with E-state index < -0.39 is 17.2 Å². The summed E-state index contributed by atoms with van der Waals surface area (Å²) in [5, 5.41) is 2.87. The molecule has 0 saturated carbocycles. The van der Waals surface area contributed by atoms with E-state index in [0.717, 1.165) is 44.5 Å². The Balaban J connectivity index is 1.58. The van der Waals surface area contributed by atoms with E-state index in [2.05, 4.69) is 20.1 Å². The number of rotatable bonds is 4. The summed E-state index contributed by atoms with van der Waals surface area (Å²) in [6, 6.07) is 9.27. The van der Waals surface area contributed by atoms with E-state index in [0.29, 0.717) is 17.8 Å². The molecule has 1 aliphatic heterocycles. The van der Waals surface area contributed by atoms with Crippen LogP contribution in [0.1, 0.15) is 38.3 Å². The molecule has 0 spiro atoms. The van der Waals surface area contributed by atoms with E-state index >= 15 is 0 Å². The Labute approximate surface area is 181 Å². The van der Waals surface area contributed by atoms with Gasteiger partial charge in [-0.05, 0) is 30.2 Å². The summed E-state index contributed by atoms with van der Waals surface area (Å²) in [5.41, 5.74) is 0.237. The molecule has 1 N–H and O–H groups in total. The van der Waals surface area contributed by atoms with Gasteiger partial charge in [0, 0.05) is 38.1 Å². The number of hydrogen-bond acceptors (Lipinski definition) is 4. The molecule has 1 amide bonds. The van der Waals surface area contributed by atoms with Gasteiger partial charge in [0.2, 0.25) is 5.91 Å². The number of hydrogen-bond donors (Lipinski definition) is 1. The van der Waals surface area contributed by atoms with Crippen molar-refractivity contribution < 1.29 is 18.0 Å². The van der Waals surface area contributed by atoms with Gasteiger partial charge < -0.3 is 10.2 Å². The molecule has 1 fully saturated rings. The zero-order valence-corrected chi connectivity index (χ0v) is 18.2. The van der Waals surface area contributed by atoms with Gasteiger partial charge >= 0.3 is 6.18 Å². The lowest BCUT2D eigenvalue weighted by Gasteiger charge is -2.23. The van der Waals surface area contributed by atoms with Gasteiger partial charge in [0.05, 0.1) is 17.4 Å². The predicted molar refractivity (Wildman–Crippen MR) is 116 cm³/mol. The van der Waals surface area contributed by atoms with E-state index in [-0.39, 0.29) is 5.91 Å². The van der Waals surface area contributed by atoms with Crippen molar-refractivity contribution in [3.63, 3.8) is 0 Å². The first-order valence-electron chi connectivity index (χ1n) is 10.4. The number of aromatic nitrogens is 1. The van der Waals surface area contributed by atoms with Crippen molar-refractivity contribution in [3.8, 4) is 0 Å². The average Bonchev–Trinajstić information content (AvgIpc) is 2.93. The third-order valence-corrected chi connectivity index (χ3v) is 5.26. The van der Waals surface area contributed by atoms with Gasteiger partial charge in [-0.1, -0.05) is 39.0 Å². The fourth-order valence-electron chi connectivity index (χ4n) is 3.43. The standard InChI is InChI=1S/C23H29F3N4O/c1-22(2,3)21(31)28-19-8-9-20(27-15-19)30-11-5-10-29(12-13-30)16-17-6-4-7-18(14-17)23(24,25)26/h4,6-9,14-15H,5,10-13,16H2,1-3H3,(H,28,31). The third-order valence-electron chi connectivity index (χ3n) is 5.26. The van der Waals surface area contributed by atoms with Crippen LogP contribution in [0.3, 0.4) is 0 Å². The van der Waals surface area contributed by atoms with Gasteiger partial charge in [-0.25, -0.2) is 4.98 Å². The Morgan fingerprint density at radius 1 is 1.06 bits per heavy atom. The molecule has 1 saturated heterocycles. The van der Waals surface area contributed by atoms with E-state index in [1.165, 1.54) is 12.1 Å². The van der Waals surface area contributed by atoms with Crippen LogP contribution in [0.15, 0.2) is 42.6 Å². The number of pyridine rings is 1. The summed E-state index contributed by atoms with van der Waals surface area (Å²) in [4.78, 5) is 20.9. The highest BCUT2D eigenvalue weighted by molar-refractivity contribution is 5.94. The first-order chi connectivity index (χ1) is 14.5. The fourth-order valence-corrected chi connectivity index (χ4v) is 3.43. The molecule has 5 nitrogen and oxygen atoms in total. The Kier molecular flexibility index (Phi) is 6.89. The number of amides is 1. The van der Waals surface area contributed by atoms with Crippen LogP contribution in [-0.4, -0.2) is 42.0 Å². The Morgan fingerprint density at radius 2 is 1.84 bits per heavy atom. The number of nitrogens with zero attached hydrogens (tertiary/aromatic N) is 3. The van der Waals surface area contributed by atoms with Crippen molar-refractivity contribution in [1.29, 1.82) is 0 Å². The highest BCUT2D eigenvalue weighted by Crippen LogP contribution is 2.30. The van der Waals surface area contributed by atoms with Crippen LogP contribution in [0.4, 0.5) is 24.7 Å². The fraction of sp³-hybridized carbons (Fsp3) is 0.478. The van der Waals surface area contributed by atoms with Crippen LogP contribution in [0.2, 0.25) is 0 Å². The predicted octanol–water partition coefficient (Wildman–Crippen LogP) is 4.80. The minimum Gasteiger partial charge on any atom is -0.355 e. The molecule has 0 aliphatic carbocycles. The molecule has 2 heterocycles. The lowest BCUT2D eigenvalue weighted by atomic mass is 9.96. The van der Waals surface area contributed by atoms with Crippen LogP contribution in [0, 0.1) is 5.41 Å². The van der Waals surface area contributed by atoms with Gasteiger partial charge in [-0.3, -0.25) is 9.69 Å². The second-order valence-electron chi connectivity index (χ2n) is 8.92. The zero-order valence-electron chi connectivity index (χ0n) is 18.2. The normalized spacial score (nSPS) is 16.1. The first kappa shape index (κ1) is 23.1. The van der Waals surface area contributed by atoms with Crippen molar-refractivity contribution in [1.82, 2.24) is 9.88 Å². The molecule has 0 radical (unpaired) electrons. The molecule has 31 heavy (non-hydrogen) atoms. The van der Waals surface area contributed by atoms with Crippen molar-refractivity contribution in [3.05, 3.63) is 53.7 Å². The van der Waals surface area contributed by atoms with Crippen LogP contribution in [-0.2, 0) is 17.5 Å². The molecule has 1 aliphatic rings. The molecule has 8 heteroatoms.